The standard InChI is InChI=1S/C24H25NO6/c26-20(18-6-5-16-3-1-2-4-17(16)13-18)8-10-24(28)31-15-23(27)25-19-7-9-21-22(14-19)30-12-11-29-21/h5-7,9,13-14H,1-4,8,10-12,15H2,(H,25,27). The number of rotatable bonds is 7. The van der Waals surface area contributed by atoms with E-state index in [-0.39, 0.29) is 18.6 Å². The summed E-state index contributed by atoms with van der Waals surface area (Å²) >= 11 is 0. The van der Waals surface area contributed by atoms with Crippen molar-refractivity contribution in [3.63, 3.8) is 0 Å². The Hall–Kier alpha value is -3.35. The van der Waals surface area contributed by atoms with Crippen LogP contribution in [0.1, 0.15) is 47.2 Å². The first-order chi connectivity index (χ1) is 15.1. The number of carbonyl (C=O) groups excluding carboxylic acids is 3. The van der Waals surface area contributed by atoms with E-state index in [1.165, 1.54) is 17.5 Å². The molecule has 0 atom stereocenters. The molecule has 2 aliphatic rings. The number of Topliss-reactive ketones (excluding diaryl/α,β-unsaturated/α-hetero) is 1. The van der Waals surface area contributed by atoms with Crippen LogP contribution in [0.15, 0.2) is 36.4 Å². The normalized spacial score (nSPS) is 14.3. The molecule has 1 amide bonds. The van der Waals surface area contributed by atoms with E-state index in [0.717, 1.165) is 19.3 Å². The minimum atomic E-state index is -0.580. The van der Waals surface area contributed by atoms with Crippen LogP contribution < -0.4 is 14.8 Å². The number of aryl methyl sites for hydroxylation is 2. The third-order valence-corrected chi connectivity index (χ3v) is 5.42. The van der Waals surface area contributed by atoms with Gasteiger partial charge in [0, 0.05) is 23.7 Å². The largest absolute Gasteiger partial charge is 0.486 e. The molecule has 0 bridgehead atoms. The van der Waals surface area contributed by atoms with E-state index in [2.05, 4.69) is 5.32 Å². The fourth-order valence-electron chi connectivity index (χ4n) is 3.80. The van der Waals surface area contributed by atoms with Crippen molar-refractivity contribution < 1.29 is 28.6 Å². The van der Waals surface area contributed by atoms with Crippen LogP contribution in [-0.4, -0.2) is 37.5 Å². The van der Waals surface area contributed by atoms with E-state index in [9.17, 15) is 14.4 Å². The quantitative estimate of drug-likeness (QED) is 0.542. The third kappa shape index (κ3) is 5.42. The molecule has 0 fully saturated rings. The fraction of sp³-hybridized carbons (Fsp3) is 0.375. The van der Waals surface area contributed by atoms with Gasteiger partial charge in [-0.2, -0.15) is 0 Å². The zero-order valence-corrected chi connectivity index (χ0v) is 17.3. The van der Waals surface area contributed by atoms with Gasteiger partial charge in [0.25, 0.3) is 5.91 Å². The number of hydrogen-bond acceptors (Lipinski definition) is 6. The van der Waals surface area contributed by atoms with Gasteiger partial charge in [0.05, 0.1) is 6.42 Å². The Kier molecular flexibility index (Phi) is 6.50. The second kappa shape index (κ2) is 9.64. The Morgan fingerprint density at radius 3 is 2.48 bits per heavy atom. The topological polar surface area (TPSA) is 90.9 Å². The van der Waals surface area contributed by atoms with Gasteiger partial charge < -0.3 is 19.5 Å². The molecule has 0 saturated heterocycles. The Labute approximate surface area is 180 Å². The third-order valence-electron chi connectivity index (χ3n) is 5.42. The molecule has 0 aromatic heterocycles. The van der Waals surface area contributed by atoms with Crippen LogP contribution in [0, 0.1) is 0 Å². The molecule has 7 nitrogen and oxygen atoms in total. The lowest BCUT2D eigenvalue weighted by atomic mass is 9.89. The molecule has 0 spiro atoms. The first-order valence-electron chi connectivity index (χ1n) is 10.6. The molecule has 0 unspecified atom stereocenters. The van der Waals surface area contributed by atoms with Crippen molar-refractivity contribution in [3.8, 4) is 11.5 Å². The monoisotopic (exact) mass is 423 g/mol. The minimum absolute atomic E-state index is 0.0569. The van der Waals surface area contributed by atoms with Crippen LogP contribution in [-0.2, 0) is 27.2 Å². The summed E-state index contributed by atoms with van der Waals surface area (Å²) in [5, 5.41) is 2.65. The number of anilines is 1. The molecular formula is C24H25NO6. The van der Waals surface area contributed by atoms with Crippen molar-refractivity contribution in [1.29, 1.82) is 0 Å². The van der Waals surface area contributed by atoms with Gasteiger partial charge in [-0.3, -0.25) is 14.4 Å². The van der Waals surface area contributed by atoms with E-state index in [1.807, 2.05) is 18.2 Å². The van der Waals surface area contributed by atoms with E-state index < -0.39 is 18.5 Å². The van der Waals surface area contributed by atoms with Gasteiger partial charge in [-0.05, 0) is 55.0 Å². The van der Waals surface area contributed by atoms with E-state index >= 15 is 0 Å². The number of ether oxygens (including phenoxy) is 3. The van der Waals surface area contributed by atoms with Crippen molar-refractivity contribution in [2.24, 2.45) is 0 Å². The summed E-state index contributed by atoms with van der Waals surface area (Å²) in [6.07, 6.45) is 4.38. The van der Waals surface area contributed by atoms with Gasteiger partial charge in [0.1, 0.15) is 13.2 Å². The van der Waals surface area contributed by atoms with Gasteiger partial charge in [-0.25, -0.2) is 0 Å². The summed E-state index contributed by atoms with van der Waals surface area (Å²) in [5.41, 5.74) is 3.69. The van der Waals surface area contributed by atoms with Crippen LogP contribution in [0.4, 0.5) is 5.69 Å². The van der Waals surface area contributed by atoms with Crippen molar-refractivity contribution in [3.05, 3.63) is 53.1 Å². The molecule has 31 heavy (non-hydrogen) atoms. The number of ketones is 1. The van der Waals surface area contributed by atoms with Gasteiger partial charge in [0.15, 0.2) is 23.9 Å². The summed E-state index contributed by atoms with van der Waals surface area (Å²) in [4.78, 5) is 36.4. The Balaban J connectivity index is 1.21. The highest BCUT2D eigenvalue weighted by atomic mass is 16.6. The fourth-order valence-corrected chi connectivity index (χ4v) is 3.80. The van der Waals surface area contributed by atoms with Crippen LogP contribution in [0.25, 0.3) is 0 Å². The molecule has 162 valence electrons. The molecule has 1 aliphatic heterocycles. The van der Waals surface area contributed by atoms with Gasteiger partial charge in [-0.15, -0.1) is 0 Å². The molecule has 2 aromatic rings. The second-order valence-electron chi connectivity index (χ2n) is 7.68. The molecule has 4 rings (SSSR count). The molecular weight excluding hydrogens is 398 g/mol. The number of carbonyl (C=O) groups is 3. The first-order valence-corrected chi connectivity index (χ1v) is 10.6. The molecule has 7 heteroatoms. The number of fused-ring (bicyclic) bond motifs is 2. The molecule has 1 aliphatic carbocycles. The lowest BCUT2D eigenvalue weighted by molar-refractivity contribution is -0.147. The van der Waals surface area contributed by atoms with Crippen LogP contribution in [0.3, 0.4) is 0 Å². The highest BCUT2D eigenvalue weighted by molar-refractivity contribution is 5.98. The zero-order chi connectivity index (χ0) is 21.6. The van der Waals surface area contributed by atoms with Crippen LogP contribution >= 0.6 is 0 Å². The average Bonchev–Trinajstić information content (AvgIpc) is 2.80. The lowest BCUT2D eigenvalue weighted by Gasteiger charge is -2.19. The summed E-state index contributed by atoms with van der Waals surface area (Å²) < 4.78 is 15.9. The lowest BCUT2D eigenvalue weighted by Crippen LogP contribution is -2.21. The summed E-state index contributed by atoms with van der Waals surface area (Å²) in [6, 6.07) is 10.8. The zero-order valence-electron chi connectivity index (χ0n) is 17.3. The van der Waals surface area contributed by atoms with Gasteiger partial charge in [-0.1, -0.05) is 12.1 Å². The van der Waals surface area contributed by atoms with Crippen LogP contribution in [0.2, 0.25) is 0 Å². The smallest absolute Gasteiger partial charge is 0.306 e. The van der Waals surface area contributed by atoms with Crippen molar-refractivity contribution in [2.45, 2.75) is 38.5 Å². The highest BCUT2D eigenvalue weighted by Crippen LogP contribution is 2.32. The number of benzene rings is 2. The SMILES string of the molecule is O=C(COC(=O)CCC(=O)c1ccc2c(c1)CCCC2)Nc1ccc2c(c1)OCCO2. The van der Waals surface area contributed by atoms with E-state index in [0.29, 0.717) is 36.0 Å². The van der Waals surface area contributed by atoms with Crippen molar-refractivity contribution in [1.82, 2.24) is 0 Å². The maximum atomic E-state index is 12.4. The second-order valence-corrected chi connectivity index (χ2v) is 7.68. The molecule has 0 saturated carbocycles. The Bertz CT molecular complexity index is 1000. The highest BCUT2D eigenvalue weighted by Gasteiger charge is 2.16. The maximum absolute atomic E-state index is 12.4. The Morgan fingerprint density at radius 1 is 0.871 bits per heavy atom. The molecule has 2 aromatic carbocycles. The minimum Gasteiger partial charge on any atom is -0.486 e. The average molecular weight is 423 g/mol. The first kappa shape index (κ1) is 20.9. The number of nitrogens with one attached hydrogen (secondary N) is 1. The number of hydrogen-bond donors (Lipinski definition) is 1. The van der Waals surface area contributed by atoms with E-state index in [1.54, 1.807) is 18.2 Å². The van der Waals surface area contributed by atoms with Crippen molar-refractivity contribution in [2.75, 3.05) is 25.1 Å². The number of esters is 1. The summed E-state index contributed by atoms with van der Waals surface area (Å²) in [5.74, 6) is 0.0433. The number of amides is 1. The van der Waals surface area contributed by atoms with Crippen LogP contribution in [0.5, 0.6) is 11.5 Å². The molecule has 1 N–H and O–H groups in total. The Morgan fingerprint density at radius 2 is 1.65 bits per heavy atom. The maximum Gasteiger partial charge on any atom is 0.306 e. The summed E-state index contributed by atoms with van der Waals surface area (Å²) in [6.45, 7) is 0.524. The summed E-state index contributed by atoms with van der Waals surface area (Å²) in [7, 11) is 0. The van der Waals surface area contributed by atoms with Gasteiger partial charge in [0.2, 0.25) is 0 Å². The molecule has 1 heterocycles. The van der Waals surface area contributed by atoms with Gasteiger partial charge >= 0.3 is 5.97 Å². The predicted molar refractivity (Wildman–Crippen MR) is 114 cm³/mol. The van der Waals surface area contributed by atoms with Crippen molar-refractivity contribution >= 4 is 23.3 Å². The predicted octanol–water partition coefficient (Wildman–Crippen LogP) is 3.48. The van der Waals surface area contributed by atoms with E-state index in [4.69, 9.17) is 14.2 Å². The molecule has 0 radical (unpaired) electrons.